The van der Waals surface area contributed by atoms with Gasteiger partial charge in [0.2, 0.25) is 0 Å². The molecule has 3 rings (SSSR count). The summed E-state index contributed by atoms with van der Waals surface area (Å²) >= 11 is 6.07. The molecule has 2 heterocycles. The quantitative estimate of drug-likeness (QED) is 0.835. The van der Waals surface area contributed by atoms with Crippen LogP contribution < -0.4 is 4.90 Å². The fraction of sp³-hybridized carbons (Fsp3) is 0.692. The van der Waals surface area contributed by atoms with Crippen LogP contribution in [0.1, 0.15) is 37.9 Å². The van der Waals surface area contributed by atoms with E-state index in [2.05, 4.69) is 21.8 Å². The van der Waals surface area contributed by atoms with Crippen LogP contribution in [0, 0.1) is 5.92 Å². The van der Waals surface area contributed by atoms with Crippen molar-refractivity contribution in [1.29, 1.82) is 0 Å². The van der Waals surface area contributed by atoms with Crippen LogP contribution in [0.15, 0.2) is 6.07 Å². The molecule has 2 atom stereocenters. The average Bonchev–Trinajstić information content (AvgIpc) is 3.16. The van der Waals surface area contributed by atoms with Crippen LogP contribution in [0.3, 0.4) is 0 Å². The zero-order valence-corrected chi connectivity index (χ0v) is 11.3. The molecule has 1 aromatic rings. The Kier molecular flexibility index (Phi) is 3.16. The Morgan fingerprint density at radius 3 is 2.78 bits per heavy atom. The van der Waals surface area contributed by atoms with Gasteiger partial charge in [-0.15, -0.1) is 0 Å². The van der Waals surface area contributed by atoms with Crippen LogP contribution in [0.2, 0.25) is 5.15 Å². The van der Waals surface area contributed by atoms with E-state index in [0.29, 0.717) is 23.5 Å². The molecule has 0 bridgehead atoms. The molecule has 1 aliphatic carbocycles. The molecule has 1 aromatic heterocycles. The van der Waals surface area contributed by atoms with Gasteiger partial charge in [-0.25, -0.2) is 9.97 Å². The molecule has 2 fully saturated rings. The number of β-amino-alcohol motifs (C(OH)–C–C–N with tert-alkyl or cyclic N) is 1. The molecule has 98 valence electrons. The summed E-state index contributed by atoms with van der Waals surface area (Å²) in [7, 11) is 0. The summed E-state index contributed by atoms with van der Waals surface area (Å²) in [5, 5.41) is 10.5. The minimum atomic E-state index is -0.281. The molecular weight excluding hydrogens is 250 g/mol. The van der Waals surface area contributed by atoms with Gasteiger partial charge in [-0.1, -0.05) is 18.5 Å². The predicted octanol–water partition coefficient (Wildman–Crippen LogP) is 2.21. The summed E-state index contributed by atoms with van der Waals surface area (Å²) in [6.45, 7) is 3.65. The number of aliphatic hydroxyl groups excluding tert-OH is 1. The molecule has 2 aliphatic rings. The Bertz CT molecular complexity index is 450. The molecule has 18 heavy (non-hydrogen) atoms. The number of nitrogens with zero attached hydrogens (tertiary/aromatic N) is 3. The number of rotatable bonds is 2. The minimum absolute atomic E-state index is 0.281. The van der Waals surface area contributed by atoms with E-state index in [9.17, 15) is 5.11 Å². The SMILES string of the molecule is CC1CCN(c2cc(Cl)nc(C3CC3)n2)CC1O. The Morgan fingerprint density at radius 1 is 1.33 bits per heavy atom. The maximum absolute atomic E-state index is 9.95. The maximum atomic E-state index is 9.95. The Morgan fingerprint density at radius 2 is 2.11 bits per heavy atom. The van der Waals surface area contributed by atoms with Crippen molar-refractivity contribution >= 4 is 17.4 Å². The van der Waals surface area contributed by atoms with E-state index in [1.807, 2.05) is 0 Å². The first-order chi connectivity index (χ1) is 8.63. The number of anilines is 1. The first-order valence-corrected chi connectivity index (χ1v) is 6.99. The first-order valence-electron chi connectivity index (χ1n) is 6.61. The van der Waals surface area contributed by atoms with Crippen LogP contribution in [0.25, 0.3) is 0 Å². The zero-order valence-electron chi connectivity index (χ0n) is 10.5. The standard InChI is InChI=1S/C13H18ClN3O/c1-8-4-5-17(7-10(8)18)12-6-11(14)15-13(16-12)9-2-3-9/h6,8-10,18H,2-5,7H2,1H3. The van der Waals surface area contributed by atoms with Crippen LogP contribution in [-0.4, -0.2) is 34.3 Å². The normalized spacial score (nSPS) is 28.5. The van der Waals surface area contributed by atoms with Crippen LogP contribution in [0.4, 0.5) is 5.82 Å². The lowest BCUT2D eigenvalue weighted by Crippen LogP contribution is -2.43. The fourth-order valence-electron chi connectivity index (χ4n) is 2.37. The molecule has 1 aliphatic heterocycles. The lowest BCUT2D eigenvalue weighted by Gasteiger charge is -2.35. The fourth-order valence-corrected chi connectivity index (χ4v) is 2.55. The molecule has 1 saturated heterocycles. The van der Waals surface area contributed by atoms with Gasteiger partial charge in [-0.05, 0) is 25.2 Å². The van der Waals surface area contributed by atoms with Crippen molar-refractivity contribution in [3.8, 4) is 0 Å². The van der Waals surface area contributed by atoms with Crippen LogP contribution in [-0.2, 0) is 0 Å². The second kappa shape index (κ2) is 4.67. The van der Waals surface area contributed by atoms with Crippen molar-refractivity contribution < 1.29 is 5.11 Å². The Labute approximate surface area is 112 Å². The topological polar surface area (TPSA) is 49.2 Å². The third-order valence-corrected chi connectivity index (χ3v) is 4.08. The molecule has 5 heteroatoms. The molecule has 2 unspecified atom stereocenters. The second-order valence-corrected chi connectivity index (χ2v) is 5.85. The Hall–Kier alpha value is -0.870. The molecular formula is C13H18ClN3O. The maximum Gasteiger partial charge on any atom is 0.135 e. The number of hydrogen-bond donors (Lipinski definition) is 1. The van der Waals surface area contributed by atoms with Crippen molar-refractivity contribution in [2.24, 2.45) is 5.92 Å². The third-order valence-electron chi connectivity index (χ3n) is 3.88. The molecule has 1 saturated carbocycles. The van der Waals surface area contributed by atoms with Crippen molar-refractivity contribution in [3.63, 3.8) is 0 Å². The van der Waals surface area contributed by atoms with Gasteiger partial charge in [-0.3, -0.25) is 0 Å². The summed E-state index contributed by atoms with van der Waals surface area (Å²) in [5.41, 5.74) is 0. The van der Waals surface area contributed by atoms with Crippen LogP contribution in [0.5, 0.6) is 0 Å². The third kappa shape index (κ3) is 2.45. The lowest BCUT2D eigenvalue weighted by atomic mass is 9.96. The van der Waals surface area contributed by atoms with Gasteiger partial charge in [0.25, 0.3) is 0 Å². The van der Waals surface area contributed by atoms with Crippen molar-refractivity contribution in [3.05, 3.63) is 17.0 Å². The molecule has 0 radical (unpaired) electrons. The van der Waals surface area contributed by atoms with Gasteiger partial charge in [0.05, 0.1) is 6.10 Å². The van der Waals surface area contributed by atoms with Gasteiger partial charge in [0.15, 0.2) is 0 Å². The Balaban J connectivity index is 1.82. The average molecular weight is 268 g/mol. The number of aliphatic hydroxyl groups is 1. The number of piperidine rings is 1. The van der Waals surface area contributed by atoms with E-state index in [1.54, 1.807) is 6.07 Å². The number of halogens is 1. The van der Waals surface area contributed by atoms with Crippen LogP contribution >= 0.6 is 11.6 Å². The van der Waals surface area contributed by atoms with Gasteiger partial charge < -0.3 is 10.0 Å². The summed E-state index contributed by atoms with van der Waals surface area (Å²) in [6, 6.07) is 1.80. The van der Waals surface area contributed by atoms with Gasteiger partial charge >= 0.3 is 0 Å². The smallest absolute Gasteiger partial charge is 0.135 e. The summed E-state index contributed by atoms with van der Waals surface area (Å²) < 4.78 is 0. The summed E-state index contributed by atoms with van der Waals surface area (Å²) in [6.07, 6.45) is 3.04. The van der Waals surface area contributed by atoms with E-state index in [4.69, 9.17) is 11.6 Å². The van der Waals surface area contributed by atoms with Crippen molar-refractivity contribution in [2.75, 3.05) is 18.0 Å². The highest BCUT2D eigenvalue weighted by molar-refractivity contribution is 6.29. The largest absolute Gasteiger partial charge is 0.391 e. The second-order valence-electron chi connectivity index (χ2n) is 5.46. The minimum Gasteiger partial charge on any atom is -0.391 e. The number of hydrogen-bond acceptors (Lipinski definition) is 4. The first kappa shape index (κ1) is 12.2. The van der Waals surface area contributed by atoms with Crippen molar-refractivity contribution in [2.45, 2.75) is 38.2 Å². The molecule has 0 amide bonds. The van der Waals surface area contributed by atoms with E-state index in [1.165, 1.54) is 12.8 Å². The van der Waals surface area contributed by atoms with Gasteiger partial charge in [-0.2, -0.15) is 0 Å². The van der Waals surface area contributed by atoms with E-state index < -0.39 is 0 Å². The zero-order chi connectivity index (χ0) is 12.7. The highest BCUT2D eigenvalue weighted by Gasteiger charge is 2.29. The van der Waals surface area contributed by atoms with E-state index >= 15 is 0 Å². The lowest BCUT2D eigenvalue weighted by molar-refractivity contribution is 0.102. The summed E-state index contributed by atoms with van der Waals surface area (Å²) in [5.74, 6) is 2.59. The van der Waals surface area contributed by atoms with E-state index in [-0.39, 0.29) is 6.10 Å². The summed E-state index contributed by atoms with van der Waals surface area (Å²) in [4.78, 5) is 11.0. The van der Waals surface area contributed by atoms with Crippen molar-refractivity contribution in [1.82, 2.24) is 9.97 Å². The molecule has 4 nitrogen and oxygen atoms in total. The molecule has 0 spiro atoms. The van der Waals surface area contributed by atoms with Gasteiger partial charge in [0.1, 0.15) is 16.8 Å². The van der Waals surface area contributed by atoms with E-state index in [0.717, 1.165) is 24.6 Å². The molecule has 0 aromatic carbocycles. The highest BCUT2D eigenvalue weighted by Crippen LogP contribution is 2.39. The number of aromatic nitrogens is 2. The monoisotopic (exact) mass is 267 g/mol. The predicted molar refractivity (Wildman–Crippen MR) is 71.0 cm³/mol. The van der Waals surface area contributed by atoms with Gasteiger partial charge in [0, 0.05) is 25.1 Å². The highest BCUT2D eigenvalue weighted by atomic mass is 35.5. The molecule has 1 N–H and O–H groups in total.